The number of carboxylic acids is 1. The number of aliphatic hydroxyl groups excluding tert-OH is 1. The second-order valence-electron chi connectivity index (χ2n) is 4.54. The summed E-state index contributed by atoms with van der Waals surface area (Å²) in [4.78, 5) is 21.5. The summed E-state index contributed by atoms with van der Waals surface area (Å²) >= 11 is 0. The van der Waals surface area contributed by atoms with Crippen molar-refractivity contribution in [1.82, 2.24) is 10.6 Å². The van der Waals surface area contributed by atoms with Gasteiger partial charge in [0.15, 0.2) is 0 Å². The molecule has 6 nitrogen and oxygen atoms in total. The van der Waals surface area contributed by atoms with Gasteiger partial charge in [-0.25, -0.2) is 4.79 Å². The maximum atomic E-state index is 10.8. The molecule has 0 spiro atoms. The lowest BCUT2D eigenvalue weighted by atomic mass is 9.95. The zero-order valence-corrected chi connectivity index (χ0v) is 9.91. The molecule has 0 aromatic carbocycles. The van der Waals surface area contributed by atoms with Crippen LogP contribution in [-0.2, 0) is 9.59 Å². The lowest BCUT2D eigenvalue weighted by Gasteiger charge is -2.23. The van der Waals surface area contributed by atoms with E-state index in [1.807, 2.05) is 13.8 Å². The number of rotatable bonds is 7. The highest BCUT2D eigenvalue weighted by molar-refractivity contribution is 5.82. The number of nitrogens with one attached hydrogen (secondary N) is 2. The van der Waals surface area contributed by atoms with Crippen LogP contribution in [0.3, 0.4) is 0 Å². The summed E-state index contributed by atoms with van der Waals surface area (Å²) < 4.78 is 0. The van der Waals surface area contributed by atoms with Gasteiger partial charge in [0, 0.05) is 32.0 Å². The Labute approximate surface area is 95.0 Å². The van der Waals surface area contributed by atoms with Crippen LogP contribution in [0.1, 0.15) is 20.8 Å². The number of carboxylic acid groups (broad SMARTS) is 1. The minimum absolute atomic E-state index is 0.0118. The molecule has 0 aromatic rings. The fraction of sp³-hybridized carbons (Fsp3) is 0.800. The van der Waals surface area contributed by atoms with Crippen LogP contribution in [0.25, 0.3) is 0 Å². The van der Waals surface area contributed by atoms with Crippen LogP contribution in [0.5, 0.6) is 0 Å². The van der Waals surface area contributed by atoms with E-state index in [1.165, 1.54) is 6.92 Å². The van der Waals surface area contributed by atoms with E-state index >= 15 is 0 Å². The highest BCUT2D eigenvalue weighted by Crippen LogP contribution is 2.10. The van der Waals surface area contributed by atoms with Gasteiger partial charge in [0.2, 0.25) is 5.91 Å². The first-order chi connectivity index (χ1) is 7.28. The highest BCUT2D eigenvalue weighted by atomic mass is 16.4. The fourth-order valence-corrected chi connectivity index (χ4v) is 1.06. The maximum Gasteiger partial charge on any atom is 0.327 e. The van der Waals surface area contributed by atoms with Gasteiger partial charge in [0.05, 0.1) is 0 Å². The molecule has 0 bridgehead atoms. The number of hydrogen-bond donors (Lipinski definition) is 4. The third kappa shape index (κ3) is 6.36. The van der Waals surface area contributed by atoms with Crippen LogP contribution in [-0.4, -0.2) is 47.8 Å². The second kappa shape index (κ2) is 6.44. The number of aliphatic carboxylic acids is 1. The van der Waals surface area contributed by atoms with Gasteiger partial charge < -0.3 is 20.8 Å². The number of hydrogen-bond acceptors (Lipinski definition) is 4. The van der Waals surface area contributed by atoms with E-state index in [0.29, 0.717) is 6.54 Å². The molecule has 0 saturated carbocycles. The van der Waals surface area contributed by atoms with Crippen molar-refractivity contribution in [1.29, 1.82) is 0 Å². The van der Waals surface area contributed by atoms with E-state index < -0.39 is 12.0 Å². The monoisotopic (exact) mass is 232 g/mol. The molecule has 0 aliphatic carbocycles. The minimum atomic E-state index is -1.08. The molecule has 0 aromatic heterocycles. The van der Waals surface area contributed by atoms with E-state index in [0.717, 1.165) is 0 Å². The lowest BCUT2D eigenvalue weighted by molar-refractivity contribution is -0.141. The summed E-state index contributed by atoms with van der Waals surface area (Å²) in [6, 6.07) is -0.938. The Morgan fingerprint density at radius 2 is 1.94 bits per heavy atom. The predicted molar refractivity (Wildman–Crippen MR) is 59.0 cm³/mol. The Balaban J connectivity index is 4.04. The van der Waals surface area contributed by atoms with E-state index in [4.69, 9.17) is 10.2 Å². The van der Waals surface area contributed by atoms with Crippen molar-refractivity contribution in [2.75, 3.05) is 19.7 Å². The minimum Gasteiger partial charge on any atom is -0.480 e. The van der Waals surface area contributed by atoms with Crippen molar-refractivity contribution in [3.63, 3.8) is 0 Å². The Bertz CT molecular complexity index is 253. The molecule has 0 saturated heterocycles. The summed E-state index contributed by atoms with van der Waals surface area (Å²) in [5.74, 6) is -1.46. The van der Waals surface area contributed by atoms with Crippen molar-refractivity contribution < 1.29 is 19.8 Å². The van der Waals surface area contributed by atoms with Gasteiger partial charge in [-0.3, -0.25) is 4.79 Å². The van der Waals surface area contributed by atoms with Gasteiger partial charge >= 0.3 is 5.97 Å². The highest BCUT2D eigenvalue weighted by Gasteiger charge is 2.20. The molecule has 1 unspecified atom stereocenters. The number of carbonyl (C=O) groups is 2. The molecule has 6 heteroatoms. The molecule has 0 aliphatic heterocycles. The first kappa shape index (κ1) is 14.9. The third-order valence-electron chi connectivity index (χ3n) is 2.06. The van der Waals surface area contributed by atoms with Gasteiger partial charge in [-0.05, 0) is 0 Å². The van der Waals surface area contributed by atoms with Crippen LogP contribution in [0.4, 0.5) is 0 Å². The summed E-state index contributed by atoms with van der Waals surface area (Å²) in [5.41, 5.74) is -0.306. The summed E-state index contributed by atoms with van der Waals surface area (Å²) in [6.45, 7) is 5.61. The molecule has 1 atom stereocenters. The Morgan fingerprint density at radius 1 is 1.38 bits per heavy atom. The molecular formula is C10H20N2O4. The Morgan fingerprint density at radius 3 is 2.31 bits per heavy atom. The largest absolute Gasteiger partial charge is 0.480 e. The van der Waals surface area contributed by atoms with Gasteiger partial charge in [0.25, 0.3) is 0 Å². The fourth-order valence-electron chi connectivity index (χ4n) is 1.06. The Hall–Kier alpha value is -1.14. The van der Waals surface area contributed by atoms with Crippen molar-refractivity contribution in [2.24, 2.45) is 5.41 Å². The van der Waals surface area contributed by atoms with Gasteiger partial charge in [0.1, 0.15) is 6.04 Å². The molecule has 1 amide bonds. The smallest absolute Gasteiger partial charge is 0.327 e. The average molecular weight is 232 g/mol. The standard InChI is InChI=1S/C10H20N2O4/c1-7(14)12-8(9(15)16)4-11-5-10(2,3)6-13/h8,11,13H,4-6H2,1-3H3,(H,12,14)(H,15,16). The maximum absolute atomic E-state index is 10.8. The number of amides is 1. The van der Waals surface area contributed by atoms with Crippen molar-refractivity contribution in [3.05, 3.63) is 0 Å². The second-order valence-corrected chi connectivity index (χ2v) is 4.54. The van der Waals surface area contributed by atoms with E-state index in [1.54, 1.807) is 0 Å². The molecular weight excluding hydrogens is 212 g/mol. The molecule has 0 aliphatic rings. The first-order valence-corrected chi connectivity index (χ1v) is 5.10. The van der Waals surface area contributed by atoms with Crippen LogP contribution in [0.15, 0.2) is 0 Å². The molecule has 0 heterocycles. The van der Waals surface area contributed by atoms with Crippen molar-refractivity contribution in [2.45, 2.75) is 26.8 Å². The van der Waals surface area contributed by atoms with Crippen LogP contribution in [0, 0.1) is 5.41 Å². The van der Waals surface area contributed by atoms with Gasteiger partial charge in [-0.2, -0.15) is 0 Å². The number of aliphatic hydroxyl groups is 1. The quantitative estimate of drug-likeness (QED) is 0.460. The van der Waals surface area contributed by atoms with Crippen LogP contribution >= 0.6 is 0 Å². The summed E-state index contributed by atoms with van der Waals surface area (Å²) in [5, 5.41) is 23.0. The van der Waals surface area contributed by atoms with Crippen molar-refractivity contribution in [3.8, 4) is 0 Å². The lowest BCUT2D eigenvalue weighted by Crippen LogP contribution is -2.48. The average Bonchev–Trinajstić information content (AvgIpc) is 2.15. The third-order valence-corrected chi connectivity index (χ3v) is 2.06. The molecule has 0 radical (unpaired) electrons. The summed E-state index contributed by atoms with van der Waals surface area (Å²) in [6.07, 6.45) is 0. The zero-order chi connectivity index (χ0) is 12.8. The predicted octanol–water partition coefficient (Wildman–Crippen LogP) is -0.816. The topological polar surface area (TPSA) is 98.7 Å². The first-order valence-electron chi connectivity index (χ1n) is 5.10. The SMILES string of the molecule is CC(=O)NC(CNCC(C)(C)CO)C(=O)O. The van der Waals surface area contributed by atoms with E-state index in [9.17, 15) is 9.59 Å². The van der Waals surface area contributed by atoms with Crippen LogP contribution < -0.4 is 10.6 Å². The number of carbonyl (C=O) groups excluding carboxylic acids is 1. The van der Waals surface area contributed by atoms with E-state index in [-0.39, 0.29) is 24.5 Å². The normalized spacial score (nSPS) is 13.2. The zero-order valence-electron chi connectivity index (χ0n) is 9.91. The molecule has 94 valence electrons. The molecule has 0 rings (SSSR count). The van der Waals surface area contributed by atoms with Crippen LogP contribution in [0.2, 0.25) is 0 Å². The van der Waals surface area contributed by atoms with Gasteiger partial charge in [-0.15, -0.1) is 0 Å². The van der Waals surface area contributed by atoms with E-state index in [2.05, 4.69) is 10.6 Å². The molecule has 4 N–H and O–H groups in total. The van der Waals surface area contributed by atoms with Crippen molar-refractivity contribution >= 4 is 11.9 Å². The molecule has 16 heavy (non-hydrogen) atoms. The summed E-state index contributed by atoms with van der Waals surface area (Å²) in [7, 11) is 0. The van der Waals surface area contributed by atoms with Gasteiger partial charge in [-0.1, -0.05) is 13.8 Å². The Kier molecular flexibility index (Phi) is 5.98. The molecule has 0 fully saturated rings.